The molecule has 7 heteroatoms. The van der Waals surface area contributed by atoms with E-state index in [1.165, 1.54) is 0 Å². The topological polar surface area (TPSA) is 80.8 Å². The van der Waals surface area contributed by atoms with Crippen LogP contribution in [0.1, 0.15) is 33.7 Å². The van der Waals surface area contributed by atoms with E-state index in [4.69, 9.17) is 9.47 Å². The maximum Gasteiger partial charge on any atom is 0.270 e. The van der Waals surface area contributed by atoms with Gasteiger partial charge in [0.05, 0.1) is 14.2 Å². The fourth-order valence-electron chi connectivity index (χ4n) is 3.14. The normalized spacial score (nSPS) is 14.5. The third kappa shape index (κ3) is 4.36. The summed E-state index contributed by atoms with van der Waals surface area (Å²) < 4.78 is 10.5. The number of pyridine rings is 1. The number of carbonyl (C=O) groups excluding carboxylic acids is 2. The van der Waals surface area contributed by atoms with Crippen LogP contribution >= 0.6 is 0 Å². The number of hydrogen-bond donors (Lipinski definition) is 1. The van der Waals surface area contributed by atoms with E-state index in [0.717, 1.165) is 0 Å². The number of likely N-dealkylation sites (tertiary alicyclic amines) is 1. The van der Waals surface area contributed by atoms with Crippen LogP contribution < -0.4 is 14.8 Å². The summed E-state index contributed by atoms with van der Waals surface area (Å²) in [6.07, 6.45) is 3.01. The summed E-state index contributed by atoms with van der Waals surface area (Å²) in [6, 6.07) is 10.4. The zero-order valence-corrected chi connectivity index (χ0v) is 15.5. The Morgan fingerprint density at radius 3 is 2.44 bits per heavy atom. The fourth-order valence-corrected chi connectivity index (χ4v) is 3.14. The molecule has 1 fully saturated rings. The Kier molecular flexibility index (Phi) is 5.90. The van der Waals surface area contributed by atoms with E-state index in [0.29, 0.717) is 48.7 Å². The lowest BCUT2D eigenvalue weighted by atomic mass is 10.0. The third-order valence-corrected chi connectivity index (χ3v) is 4.65. The highest BCUT2D eigenvalue weighted by atomic mass is 16.5. The highest BCUT2D eigenvalue weighted by molar-refractivity contribution is 5.95. The fraction of sp³-hybridized carbons (Fsp3) is 0.350. The van der Waals surface area contributed by atoms with Gasteiger partial charge in [-0.2, -0.15) is 0 Å². The van der Waals surface area contributed by atoms with Crippen molar-refractivity contribution in [1.29, 1.82) is 0 Å². The molecule has 7 nitrogen and oxygen atoms in total. The number of hydrogen-bond acceptors (Lipinski definition) is 5. The summed E-state index contributed by atoms with van der Waals surface area (Å²) in [7, 11) is 3.10. The number of nitrogens with zero attached hydrogens (tertiary/aromatic N) is 2. The summed E-state index contributed by atoms with van der Waals surface area (Å²) in [5, 5.41) is 2.99. The van der Waals surface area contributed by atoms with Crippen LogP contribution in [0.15, 0.2) is 42.6 Å². The number of benzene rings is 1. The van der Waals surface area contributed by atoms with Crippen molar-refractivity contribution in [1.82, 2.24) is 15.2 Å². The maximum atomic E-state index is 12.8. The first-order chi connectivity index (χ1) is 13.1. The molecule has 1 saturated heterocycles. The monoisotopic (exact) mass is 369 g/mol. The van der Waals surface area contributed by atoms with Gasteiger partial charge >= 0.3 is 0 Å². The molecule has 0 saturated carbocycles. The Hall–Kier alpha value is -3.09. The van der Waals surface area contributed by atoms with Crippen LogP contribution in [-0.4, -0.2) is 55.0 Å². The van der Waals surface area contributed by atoms with Gasteiger partial charge in [-0.3, -0.25) is 14.6 Å². The molecule has 0 unspecified atom stereocenters. The van der Waals surface area contributed by atoms with E-state index in [-0.39, 0.29) is 17.9 Å². The van der Waals surface area contributed by atoms with Crippen LogP contribution in [0.4, 0.5) is 0 Å². The third-order valence-electron chi connectivity index (χ3n) is 4.65. The highest BCUT2D eigenvalue weighted by Gasteiger charge is 2.25. The number of piperidine rings is 1. The molecule has 3 rings (SSSR count). The van der Waals surface area contributed by atoms with E-state index in [1.807, 2.05) is 0 Å². The Balaban J connectivity index is 1.57. The quantitative estimate of drug-likeness (QED) is 0.873. The Morgan fingerprint density at radius 1 is 1.07 bits per heavy atom. The molecule has 0 spiro atoms. The molecule has 0 atom stereocenters. The summed E-state index contributed by atoms with van der Waals surface area (Å²) >= 11 is 0. The van der Waals surface area contributed by atoms with E-state index in [1.54, 1.807) is 61.7 Å². The number of nitrogens with one attached hydrogen (secondary N) is 1. The smallest absolute Gasteiger partial charge is 0.270 e. The average molecular weight is 369 g/mol. The standard InChI is InChI=1S/C20H23N3O4/c1-26-17-7-6-14(13-18(17)27-2)20(25)23-11-8-15(9-12-23)22-19(24)16-5-3-4-10-21-16/h3-7,10,13,15H,8-9,11-12H2,1-2H3,(H,22,24). The van der Waals surface area contributed by atoms with Gasteiger partial charge in [-0.05, 0) is 43.2 Å². The first-order valence-electron chi connectivity index (χ1n) is 8.85. The van der Waals surface area contributed by atoms with Gasteiger partial charge in [0.25, 0.3) is 11.8 Å². The molecule has 0 aliphatic carbocycles. The number of rotatable bonds is 5. The first kappa shape index (κ1) is 18.7. The molecule has 0 radical (unpaired) electrons. The minimum Gasteiger partial charge on any atom is -0.493 e. The van der Waals surface area contributed by atoms with E-state index < -0.39 is 0 Å². The number of ether oxygens (including phenoxy) is 2. The lowest BCUT2D eigenvalue weighted by molar-refractivity contribution is 0.0697. The van der Waals surface area contributed by atoms with Crippen molar-refractivity contribution in [3.8, 4) is 11.5 Å². The van der Waals surface area contributed by atoms with E-state index in [9.17, 15) is 9.59 Å². The highest BCUT2D eigenvalue weighted by Crippen LogP contribution is 2.28. The van der Waals surface area contributed by atoms with Gasteiger partial charge in [-0.15, -0.1) is 0 Å². The lowest BCUT2D eigenvalue weighted by Crippen LogP contribution is -2.46. The number of amides is 2. The predicted molar refractivity (Wildman–Crippen MR) is 100 cm³/mol. The van der Waals surface area contributed by atoms with Gasteiger partial charge in [-0.25, -0.2) is 0 Å². The van der Waals surface area contributed by atoms with Crippen LogP contribution in [0.5, 0.6) is 11.5 Å². The van der Waals surface area contributed by atoms with Crippen LogP contribution in [0.2, 0.25) is 0 Å². The molecule has 142 valence electrons. The minimum absolute atomic E-state index is 0.0361. The van der Waals surface area contributed by atoms with Crippen molar-refractivity contribution in [3.63, 3.8) is 0 Å². The van der Waals surface area contributed by atoms with Gasteiger partial charge < -0.3 is 19.7 Å². The van der Waals surface area contributed by atoms with Crippen molar-refractivity contribution in [2.75, 3.05) is 27.3 Å². The Bertz CT molecular complexity index is 802. The second-order valence-electron chi connectivity index (χ2n) is 6.32. The maximum absolute atomic E-state index is 12.8. The second-order valence-corrected chi connectivity index (χ2v) is 6.32. The summed E-state index contributed by atoms with van der Waals surface area (Å²) in [5.74, 6) is 0.886. The lowest BCUT2D eigenvalue weighted by Gasteiger charge is -2.32. The van der Waals surface area contributed by atoms with Crippen molar-refractivity contribution in [2.45, 2.75) is 18.9 Å². The molecule has 1 N–H and O–H groups in total. The van der Waals surface area contributed by atoms with Crippen LogP contribution in [-0.2, 0) is 0 Å². The first-order valence-corrected chi connectivity index (χ1v) is 8.85. The molecule has 27 heavy (non-hydrogen) atoms. The number of aromatic nitrogens is 1. The SMILES string of the molecule is COc1ccc(C(=O)N2CCC(NC(=O)c3ccccn3)CC2)cc1OC. The molecular formula is C20H23N3O4. The van der Waals surface area contributed by atoms with Crippen molar-refractivity contribution in [2.24, 2.45) is 0 Å². The van der Waals surface area contributed by atoms with Gasteiger partial charge in [0.2, 0.25) is 0 Å². The molecular weight excluding hydrogens is 346 g/mol. The molecule has 1 aromatic carbocycles. The van der Waals surface area contributed by atoms with Crippen molar-refractivity contribution < 1.29 is 19.1 Å². The van der Waals surface area contributed by atoms with Crippen molar-refractivity contribution in [3.05, 3.63) is 53.9 Å². The van der Waals surface area contributed by atoms with E-state index in [2.05, 4.69) is 10.3 Å². The second kappa shape index (κ2) is 8.53. The minimum atomic E-state index is -0.180. The molecule has 1 aliphatic rings. The van der Waals surface area contributed by atoms with Crippen molar-refractivity contribution >= 4 is 11.8 Å². The van der Waals surface area contributed by atoms with Gasteiger partial charge in [0.15, 0.2) is 11.5 Å². The molecule has 1 aliphatic heterocycles. The van der Waals surface area contributed by atoms with Gasteiger partial charge in [0.1, 0.15) is 5.69 Å². The molecule has 2 aromatic rings. The zero-order valence-electron chi connectivity index (χ0n) is 15.5. The Morgan fingerprint density at radius 2 is 1.81 bits per heavy atom. The average Bonchev–Trinajstić information content (AvgIpc) is 2.73. The van der Waals surface area contributed by atoms with Gasteiger partial charge in [0, 0.05) is 30.9 Å². The Labute approximate surface area is 158 Å². The summed E-state index contributed by atoms with van der Waals surface area (Å²) in [5.41, 5.74) is 0.963. The largest absolute Gasteiger partial charge is 0.493 e. The van der Waals surface area contributed by atoms with Crippen LogP contribution in [0.3, 0.4) is 0 Å². The molecule has 2 heterocycles. The zero-order chi connectivity index (χ0) is 19.2. The summed E-state index contributed by atoms with van der Waals surface area (Å²) in [4.78, 5) is 30.8. The molecule has 1 aromatic heterocycles. The van der Waals surface area contributed by atoms with E-state index >= 15 is 0 Å². The predicted octanol–water partition coefficient (Wildman–Crippen LogP) is 2.13. The van der Waals surface area contributed by atoms with Crippen LogP contribution in [0.25, 0.3) is 0 Å². The number of methoxy groups -OCH3 is 2. The summed E-state index contributed by atoms with van der Waals surface area (Å²) in [6.45, 7) is 1.17. The molecule has 0 bridgehead atoms. The van der Waals surface area contributed by atoms with Crippen LogP contribution in [0, 0.1) is 0 Å². The number of carbonyl (C=O) groups is 2. The van der Waals surface area contributed by atoms with Gasteiger partial charge in [-0.1, -0.05) is 6.07 Å². The molecule has 2 amide bonds.